The van der Waals surface area contributed by atoms with E-state index in [1.807, 2.05) is 13.8 Å². The number of rotatable bonds is 6. The molecule has 5 atom stereocenters. The summed E-state index contributed by atoms with van der Waals surface area (Å²) >= 11 is 0. The van der Waals surface area contributed by atoms with Crippen LogP contribution in [-0.2, 0) is 14.4 Å². The van der Waals surface area contributed by atoms with Gasteiger partial charge in [-0.15, -0.1) is 0 Å². The Morgan fingerprint density at radius 1 is 1.33 bits per heavy atom. The number of nitrogens with two attached hydrogens (primary N) is 1. The average molecular weight is 298 g/mol. The monoisotopic (exact) mass is 298 g/mol. The van der Waals surface area contributed by atoms with Crippen LogP contribution in [0.3, 0.4) is 0 Å². The van der Waals surface area contributed by atoms with Gasteiger partial charge in [-0.3, -0.25) is 9.59 Å². The summed E-state index contributed by atoms with van der Waals surface area (Å²) < 4.78 is 0. The lowest BCUT2D eigenvalue weighted by molar-refractivity contribution is -0.150. The SMILES string of the molecule is CC(C)C[C@H](N)C(=O)N[C@@]1(C(=O)O)CC[C@H]2[C@H](C(=O)O)[C@H]21. The molecule has 7 heteroatoms. The Hall–Kier alpha value is -1.63. The van der Waals surface area contributed by atoms with Crippen molar-refractivity contribution in [3.05, 3.63) is 0 Å². The van der Waals surface area contributed by atoms with Crippen molar-refractivity contribution in [1.29, 1.82) is 0 Å². The molecule has 0 heterocycles. The summed E-state index contributed by atoms with van der Waals surface area (Å²) in [4.78, 5) is 34.9. The first-order chi connectivity index (χ1) is 9.70. The van der Waals surface area contributed by atoms with E-state index in [9.17, 15) is 19.5 Å². The Morgan fingerprint density at radius 3 is 2.38 bits per heavy atom. The molecule has 0 saturated heterocycles. The third-order valence-corrected chi connectivity index (χ3v) is 4.68. The number of hydrogen-bond donors (Lipinski definition) is 4. The number of carbonyl (C=O) groups is 3. The number of carbonyl (C=O) groups excluding carboxylic acids is 1. The van der Waals surface area contributed by atoms with E-state index in [0.29, 0.717) is 12.8 Å². The van der Waals surface area contributed by atoms with Gasteiger partial charge in [-0.05, 0) is 31.1 Å². The number of hydrogen-bond acceptors (Lipinski definition) is 4. The molecule has 0 spiro atoms. The predicted octanol–water partition coefficient (Wildman–Crippen LogP) is 0.0400. The van der Waals surface area contributed by atoms with Crippen LogP contribution in [0.15, 0.2) is 0 Å². The van der Waals surface area contributed by atoms with Crippen LogP contribution in [0.4, 0.5) is 0 Å². The molecule has 2 fully saturated rings. The van der Waals surface area contributed by atoms with Gasteiger partial charge in [-0.2, -0.15) is 0 Å². The van der Waals surface area contributed by atoms with Crippen molar-refractivity contribution in [2.45, 2.75) is 44.7 Å². The van der Waals surface area contributed by atoms with E-state index in [-0.39, 0.29) is 18.3 Å². The van der Waals surface area contributed by atoms with Crippen molar-refractivity contribution < 1.29 is 24.6 Å². The second-order valence-electron chi connectivity index (χ2n) is 6.59. The van der Waals surface area contributed by atoms with Crippen LogP contribution in [0, 0.1) is 23.7 Å². The number of nitrogens with one attached hydrogen (secondary N) is 1. The van der Waals surface area contributed by atoms with Crippen LogP contribution in [-0.4, -0.2) is 39.6 Å². The minimum Gasteiger partial charge on any atom is -0.481 e. The maximum Gasteiger partial charge on any atom is 0.329 e. The molecule has 0 aromatic rings. The van der Waals surface area contributed by atoms with Crippen molar-refractivity contribution in [3.8, 4) is 0 Å². The molecular formula is C14H22N2O5. The molecule has 1 amide bonds. The molecule has 0 bridgehead atoms. The van der Waals surface area contributed by atoms with Gasteiger partial charge < -0.3 is 21.3 Å². The summed E-state index contributed by atoms with van der Waals surface area (Å²) in [5, 5.41) is 21.2. The van der Waals surface area contributed by atoms with E-state index >= 15 is 0 Å². The summed E-state index contributed by atoms with van der Waals surface area (Å²) in [6.07, 6.45) is 1.23. The van der Waals surface area contributed by atoms with E-state index in [1.165, 1.54) is 0 Å². The van der Waals surface area contributed by atoms with E-state index < -0.39 is 41.3 Å². The molecule has 0 aromatic carbocycles. The smallest absolute Gasteiger partial charge is 0.329 e. The zero-order valence-corrected chi connectivity index (χ0v) is 12.2. The second-order valence-corrected chi connectivity index (χ2v) is 6.59. The van der Waals surface area contributed by atoms with Gasteiger partial charge in [0, 0.05) is 5.92 Å². The number of carboxylic acids is 2. The molecule has 0 unspecified atom stereocenters. The average Bonchev–Trinajstić information content (AvgIpc) is 2.98. The van der Waals surface area contributed by atoms with Crippen molar-refractivity contribution in [1.82, 2.24) is 5.32 Å². The second kappa shape index (κ2) is 5.29. The zero-order chi connectivity index (χ0) is 15.9. The number of fused-ring (bicyclic) bond motifs is 1. The van der Waals surface area contributed by atoms with Crippen LogP contribution in [0.25, 0.3) is 0 Å². The van der Waals surface area contributed by atoms with Crippen molar-refractivity contribution in [3.63, 3.8) is 0 Å². The van der Waals surface area contributed by atoms with Crippen molar-refractivity contribution in [2.24, 2.45) is 29.4 Å². The molecule has 0 aromatic heterocycles. The fraction of sp³-hybridized carbons (Fsp3) is 0.786. The first-order valence-electron chi connectivity index (χ1n) is 7.24. The Morgan fingerprint density at radius 2 is 1.95 bits per heavy atom. The van der Waals surface area contributed by atoms with Crippen molar-refractivity contribution in [2.75, 3.05) is 0 Å². The van der Waals surface area contributed by atoms with Crippen LogP contribution in [0.2, 0.25) is 0 Å². The molecule has 118 valence electrons. The Labute approximate surface area is 122 Å². The molecular weight excluding hydrogens is 276 g/mol. The Bertz CT molecular complexity index is 478. The lowest BCUT2D eigenvalue weighted by Crippen LogP contribution is -2.59. The fourth-order valence-corrected chi connectivity index (χ4v) is 3.68. The van der Waals surface area contributed by atoms with Crippen LogP contribution in [0.1, 0.15) is 33.1 Å². The topological polar surface area (TPSA) is 130 Å². The van der Waals surface area contributed by atoms with Gasteiger partial charge in [0.1, 0.15) is 5.54 Å². The highest BCUT2D eigenvalue weighted by Gasteiger charge is 2.72. The number of carboxylic acid groups (broad SMARTS) is 2. The molecule has 21 heavy (non-hydrogen) atoms. The maximum atomic E-state index is 12.1. The highest BCUT2D eigenvalue weighted by atomic mass is 16.4. The predicted molar refractivity (Wildman–Crippen MR) is 73.3 cm³/mol. The van der Waals surface area contributed by atoms with Crippen LogP contribution in [0.5, 0.6) is 0 Å². The third-order valence-electron chi connectivity index (χ3n) is 4.68. The Kier molecular flexibility index (Phi) is 3.97. The van der Waals surface area contributed by atoms with Gasteiger partial charge in [0.25, 0.3) is 0 Å². The normalized spacial score (nSPS) is 35.1. The fourth-order valence-electron chi connectivity index (χ4n) is 3.68. The first kappa shape index (κ1) is 15.8. The number of aliphatic carboxylic acids is 2. The van der Waals surface area contributed by atoms with Gasteiger partial charge in [0.05, 0.1) is 12.0 Å². The van der Waals surface area contributed by atoms with E-state index in [1.54, 1.807) is 0 Å². The molecule has 5 N–H and O–H groups in total. The maximum absolute atomic E-state index is 12.1. The molecule has 2 rings (SSSR count). The van der Waals surface area contributed by atoms with Crippen LogP contribution >= 0.6 is 0 Å². The van der Waals surface area contributed by atoms with Gasteiger partial charge >= 0.3 is 11.9 Å². The summed E-state index contributed by atoms with van der Waals surface area (Å²) in [6.45, 7) is 3.85. The van der Waals surface area contributed by atoms with Gasteiger partial charge in [0.2, 0.25) is 5.91 Å². The summed E-state index contributed by atoms with van der Waals surface area (Å²) in [7, 11) is 0. The largest absolute Gasteiger partial charge is 0.481 e. The highest BCUT2D eigenvalue weighted by molar-refractivity contribution is 5.92. The van der Waals surface area contributed by atoms with E-state index in [4.69, 9.17) is 10.8 Å². The zero-order valence-electron chi connectivity index (χ0n) is 12.2. The van der Waals surface area contributed by atoms with E-state index in [0.717, 1.165) is 0 Å². The lowest BCUT2D eigenvalue weighted by atomic mass is 9.89. The summed E-state index contributed by atoms with van der Waals surface area (Å²) in [5.41, 5.74) is 4.31. The molecule has 7 nitrogen and oxygen atoms in total. The van der Waals surface area contributed by atoms with E-state index in [2.05, 4.69) is 5.32 Å². The van der Waals surface area contributed by atoms with Crippen molar-refractivity contribution >= 4 is 17.8 Å². The highest BCUT2D eigenvalue weighted by Crippen LogP contribution is 2.62. The summed E-state index contributed by atoms with van der Waals surface area (Å²) in [5.74, 6) is -3.79. The van der Waals surface area contributed by atoms with Gasteiger partial charge in [-0.25, -0.2) is 4.79 Å². The van der Waals surface area contributed by atoms with Gasteiger partial charge in [-0.1, -0.05) is 13.8 Å². The third kappa shape index (κ3) is 2.62. The first-order valence-corrected chi connectivity index (χ1v) is 7.24. The lowest BCUT2D eigenvalue weighted by Gasteiger charge is -2.30. The minimum absolute atomic E-state index is 0.153. The summed E-state index contributed by atoms with van der Waals surface area (Å²) in [6, 6.07) is -0.776. The minimum atomic E-state index is -1.47. The molecule has 0 aliphatic heterocycles. The molecule has 0 radical (unpaired) electrons. The molecule has 2 saturated carbocycles. The standard InChI is InChI=1S/C14H22N2O5/c1-6(2)5-8(15)11(17)16-14(13(20)21)4-3-7-9(10(7)14)12(18)19/h6-10H,3-5,15H2,1-2H3,(H,16,17)(H,18,19)(H,20,21)/t7-,8-,9-,10-,14-/m0/s1. The Balaban J connectivity index is 2.12. The molecule has 2 aliphatic carbocycles. The number of amides is 1. The quantitative estimate of drug-likeness (QED) is 0.548. The molecule has 2 aliphatic rings. The van der Waals surface area contributed by atoms with Crippen LogP contribution < -0.4 is 11.1 Å². The van der Waals surface area contributed by atoms with Gasteiger partial charge in [0.15, 0.2) is 0 Å².